The van der Waals surface area contributed by atoms with E-state index in [-0.39, 0.29) is 23.3 Å². The average Bonchev–Trinajstić information content (AvgIpc) is 2.72. The van der Waals surface area contributed by atoms with Crippen LogP contribution in [0.15, 0.2) is 46.8 Å². The quantitative estimate of drug-likeness (QED) is 0.677. The Morgan fingerprint density at radius 3 is 2.58 bits per heavy atom. The molecule has 0 radical (unpaired) electrons. The maximum Gasteiger partial charge on any atom is 0.337 e. The van der Waals surface area contributed by atoms with Crippen LogP contribution in [0, 0.1) is 5.41 Å². The first kappa shape index (κ1) is 21.7. The number of esters is 1. The molecule has 1 fully saturated rings. The van der Waals surface area contributed by atoms with Gasteiger partial charge in [0.25, 0.3) is 0 Å². The van der Waals surface area contributed by atoms with E-state index in [2.05, 4.69) is 19.2 Å². The predicted molar refractivity (Wildman–Crippen MR) is 120 cm³/mol. The molecule has 0 saturated heterocycles. The van der Waals surface area contributed by atoms with E-state index in [1.54, 1.807) is 7.11 Å². The van der Waals surface area contributed by atoms with Crippen molar-refractivity contribution in [1.82, 2.24) is 5.32 Å². The van der Waals surface area contributed by atoms with E-state index in [0.29, 0.717) is 23.3 Å². The van der Waals surface area contributed by atoms with E-state index in [9.17, 15) is 9.59 Å². The highest BCUT2D eigenvalue weighted by atomic mass is 16.5. The molecule has 4 rings (SSSR count). The van der Waals surface area contributed by atoms with Gasteiger partial charge in [-0.15, -0.1) is 0 Å². The van der Waals surface area contributed by atoms with Crippen molar-refractivity contribution in [2.75, 3.05) is 7.11 Å². The average molecular weight is 424 g/mol. The topological polar surface area (TPSA) is 64.6 Å². The molecular weight excluding hydrogens is 390 g/mol. The number of carbonyl (C=O) groups excluding carboxylic acids is 2. The third kappa shape index (κ3) is 4.41. The van der Waals surface area contributed by atoms with Gasteiger partial charge >= 0.3 is 5.97 Å². The van der Waals surface area contributed by atoms with Crippen molar-refractivity contribution in [3.05, 3.63) is 52.4 Å². The van der Waals surface area contributed by atoms with Crippen molar-refractivity contribution in [1.29, 1.82) is 0 Å². The number of benzene rings is 1. The first-order valence-corrected chi connectivity index (χ1v) is 11.4. The lowest BCUT2D eigenvalue weighted by Gasteiger charge is -2.39. The SMILES string of the molecule is COc1cccc(C2C(C(=O)OC3CCCCC3)=C(C)NC3=C2C(=O)CC(C)(C)C3)c1. The molecule has 0 amide bonds. The van der Waals surface area contributed by atoms with E-state index < -0.39 is 5.92 Å². The van der Waals surface area contributed by atoms with Crippen LogP contribution in [-0.2, 0) is 14.3 Å². The molecule has 3 aliphatic rings. The molecular formula is C26H33NO4. The van der Waals surface area contributed by atoms with Gasteiger partial charge in [0.05, 0.1) is 12.7 Å². The molecule has 1 atom stereocenters. The number of allylic oxidation sites excluding steroid dienone is 3. The second-order valence-electron chi connectivity index (χ2n) is 9.87. The Hall–Kier alpha value is -2.56. The Morgan fingerprint density at radius 1 is 1.13 bits per heavy atom. The minimum Gasteiger partial charge on any atom is -0.497 e. The lowest BCUT2D eigenvalue weighted by atomic mass is 9.68. The smallest absolute Gasteiger partial charge is 0.337 e. The lowest BCUT2D eigenvalue weighted by Crippen LogP contribution is -2.39. The molecule has 1 aromatic rings. The van der Waals surface area contributed by atoms with Crippen LogP contribution in [0.25, 0.3) is 0 Å². The molecule has 1 saturated carbocycles. The van der Waals surface area contributed by atoms with Gasteiger partial charge in [-0.25, -0.2) is 4.79 Å². The van der Waals surface area contributed by atoms with Crippen molar-refractivity contribution >= 4 is 11.8 Å². The summed E-state index contributed by atoms with van der Waals surface area (Å²) in [4.78, 5) is 26.8. The number of hydrogen-bond donors (Lipinski definition) is 1. The number of ketones is 1. The molecule has 2 aliphatic carbocycles. The zero-order valence-corrected chi connectivity index (χ0v) is 19.0. The van der Waals surface area contributed by atoms with Crippen LogP contribution in [0.5, 0.6) is 5.75 Å². The largest absolute Gasteiger partial charge is 0.497 e. The summed E-state index contributed by atoms with van der Waals surface area (Å²) in [5.41, 5.74) is 3.73. The fraction of sp³-hybridized carbons (Fsp3) is 0.538. The highest BCUT2D eigenvalue weighted by Gasteiger charge is 2.43. The number of rotatable bonds is 4. The first-order chi connectivity index (χ1) is 14.8. The minimum absolute atomic E-state index is 0.0381. The van der Waals surface area contributed by atoms with Crippen LogP contribution in [0.2, 0.25) is 0 Å². The molecule has 0 spiro atoms. The van der Waals surface area contributed by atoms with Crippen molar-refractivity contribution in [2.45, 2.75) is 77.7 Å². The number of carbonyl (C=O) groups is 2. The third-order valence-corrected chi connectivity index (χ3v) is 6.71. The normalized spacial score (nSPS) is 23.9. The number of hydrogen-bond acceptors (Lipinski definition) is 5. The number of ether oxygens (including phenoxy) is 2. The Balaban J connectivity index is 1.77. The van der Waals surface area contributed by atoms with Crippen LogP contribution in [0.4, 0.5) is 0 Å². The van der Waals surface area contributed by atoms with Gasteiger partial charge in [-0.05, 0) is 62.1 Å². The highest BCUT2D eigenvalue weighted by Crippen LogP contribution is 2.47. The summed E-state index contributed by atoms with van der Waals surface area (Å²) in [5, 5.41) is 3.41. The van der Waals surface area contributed by atoms with Gasteiger partial charge in [-0.1, -0.05) is 32.4 Å². The summed E-state index contributed by atoms with van der Waals surface area (Å²) in [6, 6.07) is 7.68. The zero-order chi connectivity index (χ0) is 22.2. The summed E-state index contributed by atoms with van der Waals surface area (Å²) >= 11 is 0. The highest BCUT2D eigenvalue weighted by molar-refractivity contribution is 6.04. The number of nitrogens with one attached hydrogen (secondary N) is 1. The molecule has 1 aliphatic heterocycles. The van der Waals surface area contributed by atoms with Crippen LogP contribution in [0.1, 0.15) is 77.2 Å². The van der Waals surface area contributed by atoms with E-state index >= 15 is 0 Å². The van der Waals surface area contributed by atoms with Crippen molar-refractivity contribution in [3.8, 4) is 5.75 Å². The maximum absolute atomic E-state index is 13.4. The Morgan fingerprint density at radius 2 is 1.87 bits per heavy atom. The van der Waals surface area contributed by atoms with Gasteiger partial charge in [-0.2, -0.15) is 0 Å². The number of dihydropyridines is 1. The summed E-state index contributed by atoms with van der Waals surface area (Å²) < 4.78 is 11.4. The summed E-state index contributed by atoms with van der Waals surface area (Å²) in [6.07, 6.45) is 6.42. The van der Waals surface area contributed by atoms with Gasteiger partial charge in [0, 0.05) is 29.3 Å². The number of Topliss-reactive ketones (excluding diaryl/α,β-unsaturated/α-hetero) is 1. The molecule has 5 nitrogen and oxygen atoms in total. The third-order valence-electron chi connectivity index (χ3n) is 6.71. The molecule has 0 aromatic heterocycles. The predicted octanol–water partition coefficient (Wildman–Crippen LogP) is 5.18. The fourth-order valence-corrected chi connectivity index (χ4v) is 5.26. The summed E-state index contributed by atoms with van der Waals surface area (Å²) in [7, 11) is 1.62. The molecule has 1 N–H and O–H groups in total. The van der Waals surface area contributed by atoms with Crippen molar-refractivity contribution in [3.63, 3.8) is 0 Å². The van der Waals surface area contributed by atoms with Gasteiger partial charge in [0.15, 0.2) is 5.78 Å². The summed E-state index contributed by atoms with van der Waals surface area (Å²) in [6.45, 7) is 6.14. The van der Waals surface area contributed by atoms with Gasteiger partial charge < -0.3 is 14.8 Å². The van der Waals surface area contributed by atoms with E-state index in [0.717, 1.165) is 49.1 Å². The van der Waals surface area contributed by atoms with E-state index in [4.69, 9.17) is 9.47 Å². The monoisotopic (exact) mass is 423 g/mol. The summed E-state index contributed by atoms with van der Waals surface area (Å²) in [5.74, 6) is 0.0569. The maximum atomic E-state index is 13.4. The second-order valence-corrected chi connectivity index (χ2v) is 9.87. The van der Waals surface area contributed by atoms with Gasteiger partial charge in [0.2, 0.25) is 0 Å². The van der Waals surface area contributed by atoms with E-state index in [1.807, 2.05) is 31.2 Å². The van der Waals surface area contributed by atoms with Crippen LogP contribution in [0.3, 0.4) is 0 Å². The molecule has 1 aromatic carbocycles. The molecule has 5 heteroatoms. The standard InChI is InChI=1S/C26H33NO4/c1-16-22(25(29)31-18-10-6-5-7-11-18)23(17-9-8-12-19(13-17)30-4)24-20(27-16)14-26(2,3)15-21(24)28/h8-9,12-13,18,23,27H,5-7,10-11,14-15H2,1-4H3. The van der Waals surface area contributed by atoms with E-state index in [1.165, 1.54) is 6.42 Å². The lowest BCUT2D eigenvalue weighted by molar-refractivity contribution is -0.146. The molecule has 166 valence electrons. The zero-order valence-electron chi connectivity index (χ0n) is 19.0. The Bertz CT molecular complexity index is 950. The van der Waals surface area contributed by atoms with Crippen LogP contribution < -0.4 is 10.1 Å². The number of methoxy groups -OCH3 is 1. The first-order valence-electron chi connectivity index (χ1n) is 11.4. The minimum atomic E-state index is -0.439. The molecule has 1 heterocycles. The fourth-order valence-electron chi connectivity index (χ4n) is 5.26. The van der Waals surface area contributed by atoms with Crippen molar-refractivity contribution in [2.24, 2.45) is 5.41 Å². The van der Waals surface area contributed by atoms with Gasteiger partial charge in [0.1, 0.15) is 11.9 Å². The Labute approximate surface area is 184 Å². The molecule has 0 bridgehead atoms. The second kappa shape index (κ2) is 8.52. The van der Waals surface area contributed by atoms with Crippen molar-refractivity contribution < 1.29 is 19.1 Å². The molecule has 1 unspecified atom stereocenters. The van der Waals surface area contributed by atoms with Gasteiger partial charge in [-0.3, -0.25) is 4.79 Å². The Kier molecular flexibility index (Phi) is 5.96. The molecule has 31 heavy (non-hydrogen) atoms. The van der Waals surface area contributed by atoms with Crippen LogP contribution in [-0.4, -0.2) is 25.0 Å². The van der Waals surface area contributed by atoms with Crippen LogP contribution >= 0.6 is 0 Å².